The third kappa shape index (κ3) is 3.10. The zero-order valence-electron chi connectivity index (χ0n) is 11.5. The molecule has 0 atom stereocenters. The molecule has 0 spiro atoms. The van der Waals surface area contributed by atoms with E-state index in [-0.39, 0.29) is 45.6 Å². The number of hydrogen-bond donors (Lipinski definition) is 2. The first-order chi connectivity index (χ1) is 11.4. The lowest BCUT2D eigenvalue weighted by Gasteiger charge is -1.95. The van der Waals surface area contributed by atoms with Crippen molar-refractivity contribution in [2.24, 2.45) is 9.98 Å². The summed E-state index contributed by atoms with van der Waals surface area (Å²) < 4.78 is 12.8. The summed E-state index contributed by atoms with van der Waals surface area (Å²) >= 11 is 16.6. The van der Waals surface area contributed by atoms with Crippen LogP contribution in [0.4, 0.5) is 4.39 Å². The van der Waals surface area contributed by atoms with Gasteiger partial charge in [-0.15, -0.1) is 0 Å². The number of nitrogens with zero attached hydrogens (tertiary/aromatic N) is 4. The second-order valence-electron chi connectivity index (χ2n) is 4.58. The van der Waals surface area contributed by atoms with Crippen LogP contribution in [0.25, 0.3) is 0 Å². The van der Waals surface area contributed by atoms with Gasteiger partial charge in [-0.05, 0) is 23.2 Å². The number of aliphatic imine (C=N–C) groups is 2. The number of nitrogens with one attached hydrogen (secondary N) is 2. The Morgan fingerprint density at radius 2 is 1.33 bits per heavy atom. The Kier molecular flexibility index (Phi) is 4.48. The third-order valence-corrected chi connectivity index (χ3v) is 3.77. The van der Waals surface area contributed by atoms with Crippen LogP contribution in [0.15, 0.2) is 19.6 Å². The predicted octanol–water partition coefficient (Wildman–Crippen LogP) is 1.58. The van der Waals surface area contributed by atoms with Gasteiger partial charge in [-0.25, -0.2) is 9.97 Å². The molecular weight excluding hydrogens is 386 g/mol. The van der Waals surface area contributed by atoms with Crippen molar-refractivity contribution >= 4 is 45.9 Å². The molecule has 8 nitrogen and oxygen atoms in total. The summed E-state index contributed by atoms with van der Waals surface area (Å²) in [5.74, 6) is -0.724. The van der Waals surface area contributed by atoms with Crippen molar-refractivity contribution in [3.8, 4) is 0 Å². The first-order valence-corrected chi connectivity index (χ1v) is 7.48. The summed E-state index contributed by atoms with van der Waals surface area (Å²) in [6.45, 7) is 0.328. The van der Waals surface area contributed by atoms with Gasteiger partial charge in [0, 0.05) is 0 Å². The van der Waals surface area contributed by atoms with Crippen molar-refractivity contribution in [1.82, 2.24) is 19.9 Å². The van der Waals surface area contributed by atoms with E-state index in [1.54, 1.807) is 0 Å². The van der Waals surface area contributed by atoms with E-state index in [2.05, 4.69) is 29.9 Å². The molecule has 2 aliphatic heterocycles. The summed E-state index contributed by atoms with van der Waals surface area (Å²) in [6.07, 6.45) is 0. The van der Waals surface area contributed by atoms with Gasteiger partial charge < -0.3 is 0 Å². The van der Waals surface area contributed by atoms with Crippen molar-refractivity contribution in [1.29, 1.82) is 0 Å². The highest BCUT2D eigenvalue weighted by atomic mass is 35.5. The lowest BCUT2D eigenvalue weighted by Crippen LogP contribution is -2.15. The fourth-order valence-electron chi connectivity index (χ4n) is 2.02. The maximum absolute atomic E-state index is 12.8. The highest BCUT2D eigenvalue weighted by molar-refractivity contribution is 6.69. The van der Waals surface area contributed by atoms with E-state index in [4.69, 9.17) is 34.8 Å². The molecule has 2 aromatic heterocycles. The molecule has 0 aromatic carbocycles. The molecule has 12 heteroatoms. The van der Waals surface area contributed by atoms with E-state index in [0.717, 1.165) is 0 Å². The lowest BCUT2D eigenvalue weighted by atomic mass is 10.3. The quantitative estimate of drug-likeness (QED) is 0.663. The maximum atomic E-state index is 12.8. The smallest absolute Gasteiger partial charge is 0.257 e. The molecule has 0 fully saturated rings. The van der Waals surface area contributed by atoms with E-state index >= 15 is 0 Å². The number of halogens is 4. The summed E-state index contributed by atoms with van der Waals surface area (Å²) in [7, 11) is 0. The van der Waals surface area contributed by atoms with Crippen molar-refractivity contribution in [3.63, 3.8) is 0 Å². The normalized spacial score (nSPS) is 14.3. The molecule has 2 aromatic rings. The topological polar surface area (TPSA) is 116 Å². The summed E-state index contributed by atoms with van der Waals surface area (Å²) in [4.78, 5) is 41.5. The molecule has 24 heavy (non-hydrogen) atoms. The number of fused-ring (bicyclic) bond motifs is 2. The predicted molar refractivity (Wildman–Crippen MR) is 87.2 cm³/mol. The van der Waals surface area contributed by atoms with Gasteiger partial charge >= 0.3 is 0 Å². The van der Waals surface area contributed by atoms with E-state index in [1.165, 1.54) is 0 Å². The van der Waals surface area contributed by atoms with Gasteiger partial charge in [0.05, 0.1) is 24.2 Å². The fourth-order valence-corrected chi connectivity index (χ4v) is 2.58. The molecule has 124 valence electrons. The third-order valence-electron chi connectivity index (χ3n) is 3.12. The van der Waals surface area contributed by atoms with Gasteiger partial charge in [0.1, 0.15) is 11.4 Å². The number of hydrogen-bond acceptors (Lipinski definition) is 6. The average molecular weight is 392 g/mol. The first-order valence-electron chi connectivity index (χ1n) is 6.35. The molecule has 0 saturated heterocycles. The molecule has 4 heterocycles. The molecular formula is C12H6Cl3FN6O2. The molecule has 0 saturated carbocycles. The van der Waals surface area contributed by atoms with Crippen molar-refractivity contribution in [2.75, 3.05) is 0 Å². The van der Waals surface area contributed by atoms with Crippen LogP contribution >= 0.6 is 34.8 Å². The minimum absolute atomic E-state index is 0.0361. The molecule has 0 aliphatic carbocycles. The highest BCUT2D eigenvalue weighted by Crippen LogP contribution is 2.16. The molecule has 2 N–H and O–H groups in total. The fraction of sp³-hybridized carbons (Fsp3) is 0.167. The minimum atomic E-state index is -0.724. The van der Waals surface area contributed by atoms with Crippen LogP contribution in [0.2, 0.25) is 10.6 Å². The minimum Gasteiger partial charge on any atom is -0.297 e. The number of H-pyrrole nitrogens is 2. The molecule has 0 radical (unpaired) electrons. The van der Waals surface area contributed by atoms with E-state index in [1.807, 2.05) is 0 Å². The van der Waals surface area contributed by atoms with Crippen LogP contribution in [0, 0.1) is 0 Å². The van der Waals surface area contributed by atoms with Gasteiger partial charge in [0.25, 0.3) is 11.1 Å². The largest absolute Gasteiger partial charge is 0.297 e. The Morgan fingerprint density at radius 3 is 1.96 bits per heavy atom. The molecule has 0 amide bonds. The van der Waals surface area contributed by atoms with Crippen LogP contribution < -0.4 is 11.1 Å². The van der Waals surface area contributed by atoms with Crippen LogP contribution in [-0.2, 0) is 13.1 Å². The molecule has 0 bridgehead atoms. The van der Waals surface area contributed by atoms with Crippen molar-refractivity contribution < 1.29 is 4.39 Å². The number of aromatic nitrogens is 4. The molecule has 0 unspecified atom stereocenters. The summed E-state index contributed by atoms with van der Waals surface area (Å²) in [5, 5.41) is 0.165. The van der Waals surface area contributed by atoms with Gasteiger partial charge in [0.2, 0.25) is 16.5 Å². The van der Waals surface area contributed by atoms with E-state index in [9.17, 15) is 14.0 Å². The van der Waals surface area contributed by atoms with Crippen LogP contribution in [-0.4, -0.2) is 31.1 Å². The average Bonchev–Trinajstić information content (AvgIpc) is 3.05. The zero-order valence-corrected chi connectivity index (χ0v) is 13.8. The SMILES string of the molecule is O=c1[nH]c(Cl)nc2c1CN=C2Cl.O=c1[nH]c(Cl)nc2c1CN=C2F. The highest BCUT2D eigenvalue weighted by Gasteiger charge is 2.21. The standard InChI is InChI=1S/C6H3Cl2N3O.C6H3ClFN3O/c7-4-3-2(1-9-4)5(12)11-6(8)10-3;7-6-10-3-2(5(12)11-6)1-9-4(3)8/h2*1H2,(H,10,11,12). The Hall–Kier alpha value is -2.10. The monoisotopic (exact) mass is 390 g/mol. The second-order valence-corrected chi connectivity index (χ2v) is 5.66. The maximum Gasteiger partial charge on any atom is 0.257 e. The Balaban J connectivity index is 0.000000141. The second kappa shape index (κ2) is 6.42. The Labute approximate surface area is 147 Å². The number of rotatable bonds is 0. The Morgan fingerprint density at radius 1 is 0.833 bits per heavy atom. The number of aromatic amines is 2. The van der Waals surface area contributed by atoms with Crippen LogP contribution in [0.3, 0.4) is 0 Å². The zero-order chi connectivity index (χ0) is 17.4. The van der Waals surface area contributed by atoms with Gasteiger partial charge in [-0.2, -0.15) is 4.39 Å². The lowest BCUT2D eigenvalue weighted by molar-refractivity contribution is 0.800. The summed E-state index contributed by atoms with van der Waals surface area (Å²) in [5.41, 5.74) is 0.362. The first kappa shape index (κ1) is 16.7. The molecule has 4 rings (SSSR count). The molecule has 2 aliphatic rings. The summed E-state index contributed by atoms with van der Waals surface area (Å²) in [6, 6.07) is 0. The van der Waals surface area contributed by atoms with E-state index in [0.29, 0.717) is 11.3 Å². The Bertz CT molecular complexity index is 931. The van der Waals surface area contributed by atoms with E-state index < -0.39 is 11.5 Å². The van der Waals surface area contributed by atoms with Gasteiger partial charge in [0.15, 0.2) is 5.17 Å². The van der Waals surface area contributed by atoms with Crippen molar-refractivity contribution in [2.45, 2.75) is 13.1 Å². The van der Waals surface area contributed by atoms with Crippen molar-refractivity contribution in [3.05, 3.63) is 53.8 Å². The van der Waals surface area contributed by atoms with Gasteiger partial charge in [-0.3, -0.25) is 29.5 Å². The van der Waals surface area contributed by atoms with Gasteiger partial charge in [-0.1, -0.05) is 11.6 Å². The van der Waals surface area contributed by atoms with Crippen LogP contribution in [0.1, 0.15) is 22.5 Å². The van der Waals surface area contributed by atoms with Crippen LogP contribution in [0.5, 0.6) is 0 Å².